The number of rotatable bonds is 8. The third-order valence-corrected chi connectivity index (χ3v) is 5.64. The minimum atomic E-state index is 0. The van der Waals surface area contributed by atoms with Crippen LogP contribution >= 0.6 is 35.3 Å². The number of likely N-dealkylation sites (tertiary alicyclic amines) is 1. The number of guanidine groups is 1. The summed E-state index contributed by atoms with van der Waals surface area (Å²) in [6, 6.07) is 15.0. The van der Waals surface area contributed by atoms with Gasteiger partial charge in [-0.15, -0.1) is 35.3 Å². The van der Waals surface area contributed by atoms with E-state index >= 15 is 0 Å². The van der Waals surface area contributed by atoms with Crippen LogP contribution in [0.2, 0.25) is 0 Å². The lowest BCUT2D eigenvalue weighted by molar-refractivity contribution is 0.329. The molecule has 1 aromatic carbocycles. The summed E-state index contributed by atoms with van der Waals surface area (Å²) in [5, 5.41) is 5.33. The zero-order valence-electron chi connectivity index (χ0n) is 15.1. The Labute approximate surface area is 177 Å². The van der Waals surface area contributed by atoms with E-state index in [0.717, 1.165) is 39.0 Å². The van der Waals surface area contributed by atoms with Gasteiger partial charge in [-0.2, -0.15) is 0 Å². The van der Waals surface area contributed by atoms with Crippen molar-refractivity contribution in [3.8, 4) is 0 Å². The molecule has 3 rings (SSSR count). The van der Waals surface area contributed by atoms with Crippen molar-refractivity contribution in [3.05, 3.63) is 58.3 Å². The largest absolute Gasteiger partial charge is 0.370 e. The zero-order valence-corrected chi connectivity index (χ0v) is 18.3. The van der Waals surface area contributed by atoms with Crippen molar-refractivity contribution in [2.45, 2.75) is 19.3 Å². The molecule has 0 aliphatic carbocycles. The molecule has 142 valence electrons. The number of hydrogen-bond donors (Lipinski definition) is 2. The van der Waals surface area contributed by atoms with Crippen LogP contribution in [-0.2, 0) is 12.8 Å². The Morgan fingerprint density at radius 2 is 2.04 bits per heavy atom. The van der Waals surface area contributed by atoms with Gasteiger partial charge in [-0.25, -0.2) is 0 Å². The summed E-state index contributed by atoms with van der Waals surface area (Å²) in [5.41, 5.74) is 7.41. The maximum absolute atomic E-state index is 5.99. The molecule has 1 aromatic heterocycles. The number of hydrogen-bond acceptors (Lipinski definition) is 3. The maximum Gasteiger partial charge on any atom is 0.188 e. The standard InChI is InChI=1S/C20H28N4S.HI/c21-20(22-11-8-19-7-4-14-25-19)23-15-18-10-13-24(16-18)12-9-17-5-2-1-3-6-17;/h1-7,14,18H,8-13,15-16H2,(H3,21,22,23);1H. The predicted octanol–water partition coefficient (Wildman–Crippen LogP) is 3.38. The molecule has 0 saturated carbocycles. The second-order valence-corrected chi connectivity index (χ2v) is 7.71. The van der Waals surface area contributed by atoms with Gasteiger partial charge in [0.2, 0.25) is 0 Å². The molecule has 6 heteroatoms. The molecular formula is C20H29IN4S. The lowest BCUT2D eigenvalue weighted by Gasteiger charge is -2.15. The van der Waals surface area contributed by atoms with Crippen LogP contribution < -0.4 is 11.1 Å². The van der Waals surface area contributed by atoms with E-state index in [1.54, 1.807) is 11.3 Å². The Balaban J connectivity index is 0.00000243. The van der Waals surface area contributed by atoms with Gasteiger partial charge in [0.25, 0.3) is 0 Å². The Hall–Kier alpha value is -1.12. The molecular weight excluding hydrogens is 455 g/mol. The summed E-state index contributed by atoms with van der Waals surface area (Å²) in [4.78, 5) is 8.47. The number of nitrogens with one attached hydrogen (secondary N) is 1. The van der Waals surface area contributed by atoms with Gasteiger partial charge in [-0.05, 0) is 48.7 Å². The highest BCUT2D eigenvalue weighted by Crippen LogP contribution is 2.17. The van der Waals surface area contributed by atoms with Crippen molar-refractivity contribution < 1.29 is 0 Å². The van der Waals surface area contributed by atoms with E-state index in [-0.39, 0.29) is 24.0 Å². The first-order chi connectivity index (χ1) is 12.3. The minimum absolute atomic E-state index is 0. The molecule has 2 heterocycles. The smallest absolute Gasteiger partial charge is 0.188 e. The third-order valence-electron chi connectivity index (χ3n) is 4.71. The lowest BCUT2D eigenvalue weighted by Crippen LogP contribution is -2.33. The topological polar surface area (TPSA) is 53.6 Å². The maximum atomic E-state index is 5.99. The molecule has 1 aliphatic heterocycles. The number of halogens is 1. The van der Waals surface area contributed by atoms with Crippen LogP contribution in [0.25, 0.3) is 0 Å². The van der Waals surface area contributed by atoms with Crippen molar-refractivity contribution >= 4 is 41.3 Å². The fourth-order valence-corrected chi connectivity index (χ4v) is 3.96. The highest BCUT2D eigenvalue weighted by Gasteiger charge is 2.21. The van der Waals surface area contributed by atoms with E-state index in [0.29, 0.717) is 11.9 Å². The fourth-order valence-electron chi connectivity index (χ4n) is 3.25. The summed E-state index contributed by atoms with van der Waals surface area (Å²) in [5.74, 6) is 1.22. The third kappa shape index (κ3) is 7.25. The quantitative estimate of drug-likeness (QED) is 0.343. The van der Waals surface area contributed by atoms with Gasteiger partial charge < -0.3 is 16.0 Å². The van der Waals surface area contributed by atoms with E-state index in [1.807, 2.05) is 0 Å². The van der Waals surface area contributed by atoms with Crippen LogP contribution in [0.3, 0.4) is 0 Å². The summed E-state index contributed by atoms with van der Waals surface area (Å²) >= 11 is 1.79. The molecule has 1 saturated heterocycles. The Morgan fingerprint density at radius 3 is 2.81 bits per heavy atom. The number of nitrogens with zero attached hydrogens (tertiary/aromatic N) is 2. The molecule has 0 amide bonds. The van der Waals surface area contributed by atoms with Gasteiger partial charge in [-0.1, -0.05) is 36.4 Å². The molecule has 0 spiro atoms. The molecule has 1 aliphatic rings. The second kappa shape index (κ2) is 11.6. The average Bonchev–Trinajstić information content (AvgIpc) is 3.31. The number of benzene rings is 1. The summed E-state index contributed by atoms with van der Waals surface area (Å²) < 4.78 is 0. The van der Waals surface area contributed by atoms with Crippen LogP contribution in [0, 0.1) is 5.92 Å². The van der Waals surface area contributed by atoms with Gasteiger partial charge in [0, 0.05) is 31.1 Å². The van der Waals surface area contributed by atoms with Crippen molar-refractivity contribution in [1.82, 2.24) is 10.2 Å². The predicted molar refractivity (Wildman–Crippen MR) is 123 cm³/mol. The Kier molecular flexibility index (Phi) is 9.42. The monoisotopic (exact) mass is 484 g/mol. The normalized spacial score (nSPS) is 17.8. The van der Waals surface area contributed by atoms with E-state index in [4.69, 9.17) is 5.73 Å². The number of nitrogens with two attached hydrogens (primary N) is 1. The van der Waals surface area contributed by atoms with Gasteiger partial charge in [0.15, 0.2) is 5.96 Å². The number of thiophene rings is 1. The average molecular weight is 484 g/mol. The zero-order chi connectivity index (χ0) is 17.3. The second-order valence-electron chi connectivity index (χ2n) is 6.67. The summed E-state index contributed by atoms with van der Waals surface area (Å²) in [6.07, 6.45) is 3.36. The van der Waals surface area contributed by atoms with E-state index in [1.165, 1.54) is 23.4 Å². The summed E-state index contributed by atoms with van der Waals surface area (Å²) in [7, 11) is 0. The van der Waals surface area contributed by atoms with Crippen molar-refractivity contribution in [1.29, 1.82) is 0 Å². The first-order valence-corrected chi connectivity index (χ1v) is 10.00. The Morgan fingerprint density at radius 1 is 1.19 bits per heavy atom. The number of aliphatic imine (C=N–C) groups is 1. The van der Waals surface area contributed by atoms with Crippen molar-refractivity contribution in [2.75, 3.05) is 32.7 Å². The van der Waals surface area contributed by atoms with E-state index < -0.39 is 0 Å². The van der Waals surface area contributed by atoms with Crippen LogP contribution in [0.1, 0.15) is 16.9 Å². The van der Waals surface area contributed by atoms with Gasteiger partial charge in [-0.3, -0.25) is 4.99 Å². The highest BCUT2D eigenvalue weighted by atomic mass is 127. The van der Waals surface area contributed by atoms with Crippen molar-refractivity contribution in [2.24, 2.45) is 16.6 Å². The molecule has 1 atom stereocenters. The van der Waals surface area contributed by atoms with Gasteiger partial charge in [0.1, 0.15) is 0 Å². The van der Waals surface area contributed by atoms with Crippen LogP contribution in [0.5, 0.6) is 0 Å². The first kappa shape index (κ1) is 21.2. The molecule has 1 unspecified atom stereocenters. The lowest BCUT2D eigenvalue weighted by atomic mass is 10.1. The highest BCUT2D eigenvalue weighted by molar-refractivity contribution is 14.0. The van der Waals surface area contributed by atoms with Crippen molar-refractivity contribution in [3.63, 3.8) is 0 Å². The van der Waals surface area contributed by atoms with Gasteiger partial charge in [0.05, 0.1) is 0 Å². The Bertz CT molecular complexity index is 645. The van der Waals surface area contributed by atoms with Crippen LogP contribution in [-0.4, -0.2) is 43.6 Å². The molecule has 0 bridgehead atoms. The molecule has 2 aromatic rings. The van der Waals surface area contributed by atoms with Gasteiger partial charge >= 0.3 is 0 Å². The molecule has 26 heavy (non-hydrogen) atoms. The molecule has 1 fully saturated rings. The van der Waals surface area contributed by atoms with Crippen LogP contribution in [0.15, 0.2) is 52.8 Å². The molecule has 3 N–H and O–H groups in total. The van der Waals surface area contributed by atoms with E-state index in [2.05, 4.69) is 63.1 Å². The minimum Gasteiger partial charge on any atom is -0.370 e. The first-order valence-electron chi connectivity index (χ1n) is 9.12. The molecule has 4 nitrogen and oxygen atoms in total. The van der Waals surface area contributed by atoms with E-state index in [9.17, 15) is 0 Å². The van der Waals surface area contributed by atoms with Crippen LogP contribution in [0.4, 0.5) is 0 Å². The SMILES string of the molecule is I.NC(=NCC1CCN(CCc2ccccc2)C1)NCCc1cccs1. The fraction of sp³-hybridized carbons (Fsp3) is 0.450. The molecule has 0 radical (unpaired) electrons. The summed E-state index contributed by atoms with van der Waals surface area (Å²) in [6.45, 7) is 5.14.